The maximum absolute atomic E-state index is 3.59. The van der Waals surface area contributed by atoms with E-state index in [0.29, 0.717) is 5.92 Å². The molecule has 0 bridgehead atoms. The molecule has 2 nitrogen and oxygen atoms in total. The summed E-state index contributed by atoms with van der Waals surface area (Å²) in [6.07, 6.45) is 4.03. The van der Waals surface area contributed by atoms with E-state index in [2.05, 4.69) is 48.3 Å². The van der Waals surface area contributed by atoms with Gasteiger partial charge in [-0.25, -0.2) is 0 Å². The zero-order valence-corrected chi connectivity index (χ0v) is 11.8. The number of rotatable bonds is 6. The normalized spacial score (nSPS) is 16.4. The molecular weight excluding hydrogens is 220 g/mol. The Morgan fingerprint density at radius 3 is 2.61 bits per heavy atom. The van der Waals surface area contributed by atoms with Gasteiger partial charge in [0, 0.05) is 12.2 Å². The maximum atomic E-state index is 3.59. The van der Waals surface area contributed by atoms with E-state index in [1.165, 1.54) is 50.1 Å². The minimum Gasteiger partial charge on any atom is -0.385 e. The van der Waals surface area contributed by atoms with Crippen molar-refractivity contribution in [2.45, 2.75) is 39.0 Å². The summed E-state index contributed by atoms with van der Waals surface area (Å²) in [4.78, 5) is 2.58. The third kappa shape index (κ3) is 3.74. The molecule has 0 aliphatic carbocycles. The van der Waals surface area contributed by atoms with Gasteiger partial charge in [-0.2, -0.15) is 0 Å². The topological polar surface area (TPSA) is 15.3 Å². The Morgan fingerprint density at radius 1 is 1.17 bits per heavy atom. The van der Waals surface area contributed by atoms with Gasteiger partial charge < -0.3 is 10.2 Å². The summed E-state index contributed by atoms with van der Waals surface area (Å²) >= 11 is 0. The van der Waals surface area contributed by atoms with Crippen molar-refractivity contribution in [3.05, 3.63) is 29.8 Å². The molecule has 100 valence electrons. The number of hydrogen-bond donors (Lipinski definition) is 1. The highest BCUT2D eigenvalue weighted by Crippen LogP contribution is 2.23. The molecule has 1 aliphatic heterocycles. The van der Waals surface area contributed by atoms with Gasteiger partial charge in [-0.1, -0.05) is 32.0 Å². The molecule has 0 atom stereocenters. The number of benzene rings is 1. The second-order valence-corrected chi connectivity index (χ2v) is 5.57. The van der Waals surface area contributed by atoms with Crippen molar-refractivity contribution in [1.82, 2.24) is 4.90 Å². The van der Waals surface area contributed by atoms with Crippen LogP contribution in [0.1, 0.15) is 44.6 Å². The number of hydrogen-bond acceptors (Lipinski definition) is 2. The number of nitrogens with one attached hydrogen (secondary N) is 1. The summed E-state index contributed by atoms with van der Waals surface area (Å²) in [6, 6.07) is 8.68. The monoisotopic (exact) mass is 246 g/mol. The van der Waals surface area contributed by atoms with Gasteiger partial charge in [0.05, 0.1) is 0 Å². The molecule has 0 aromatic heterocycles. The molecule has 0 amide bonds. The lowest BCUT2D eigenvalue weighted by Crippen LogP contribution is -2.22. The lowest BCUT2D eigenvalue weighted by atomic mass is 10.0. The van der Waals surface area contributed by atoms with Crippen molar-refractivity contribution in [2.75, 3.05) is 31.5 Å². The highest BCUT2D eigenvalue weighted by molar-refractivity contribution is 5.52. The Balaban J connectivity index is 1.75. The molecule has 0 spiro atoms. The van der Waals surface area contributed by atoms with Gasteiger partial charge in [0.15, 0.2) is 0 Å². The number of anilines is 1. The van der Waals surface area contributed by atoms with E-state index in [1.807, 2.05) is 0 Å². The van der Waals surface area contributed by atoms with E-state index < -0.39 is 0 Å². The fourth-order valence-electron chi connectivity index (χ4n) is 2.69. The van der Waals surface area contributed by atoms with Gasteiger partial charge in [0.25, 0.3) is 0 Å². The molecule has 2 heteroatoms. The molecule has 1 aromatic rings. The average molecular weight is 246 g/mol. The Bertz CT molecular complexity index is 354. The third-order valence-corrected chi connectivity index (χ3v) is 3.75. The number of para-hydroxylation sites is 1. The summed E-state index contributed by atoms with van der Waals surface area (Å²) in [6.45, 7) is 9.46. The van der Waals surface area contributed by atoms with Crippen molar-refractivity contribution in [3.63, 3.8) is 0 Å². The van der Waals surface area contributed by atoms with Gasteiger partial charge in [-0.3, -0.25) is 0 Å². The predicted octanol–water partition coefficient (Wildman–Crippen LogP) is 3.71. The molecule has 0 saturated carbocycles. The highest BCUT2D eigenvalue weighted by atomic mass is 15.1. The molecule has 0 radical (unpaired) electrons. The van der Waals surface area contributed by atoms with E-state index in [9.17, 15) is 0 Å². The van der Waals surface area contributed by atoms with Crippen LogP contribution >= 0.6 is 0 Å². The first-order valence-corrected chi connectivity index (χ1v) is 7.32. The van der Waals surface area contributed by atoms with Crippen LogP contribution in [0, 0.1) is 0 Å². The van der Waals surface area contributed by atoms with Crippen LogP contribution < -0.4 is 5.32 Å². The van der Waals surface area contributed by atoms with Crippen molar-refractivity contribution >= 4 is 5.69 Å². The zero-order valence-electron chi connectivity index (χ0n) is 11.8. The van der Waals surface area contributed by atoms with Crippen molar-refractivity contribution in [2.24, 2.45) is 0 Å². The smallest absolute Gasteiger partial charge is 0.0375 e. The van der Waals surface area contributed by atoms with Crippen molar-refractivity contribution in [3.8, 4) is 0 Å². The molecule has 1 aromatic carbocycles. The van der Waals surface area contributed by atoms with Gasteiger partial charge in [0.1, 0.15) is 0 Å². The van der Waals surface area contributed by atoms with Crippen LogP contribution in [-0.2, 0) is 0 Å². The lowest BCUT2D eigenvalue weighted by molar-refractivity contribution is 0.337. The lowest BCUT2D eigenvalue weighted by Gasteiger charge is -2.17. The van der Waals surface area contributed by atoms with Gasteiger partial charge >= 0.3 is 0 Å². The van der Waals surface area contributed by atoms with Crippen molar-refractivity contribution < 1.29 is 0 Å². The third-order valence-electron chi connectivity index (χ3n) is 3.75. The van der Waals surface area contributed by atoms with Gasteiger partial charge in [0.2, 0.25) is 0 Å². The summed E-state index contributed by atoms with van der Waals surface area (Å²) in [5.41, 5.74) is 2.74. The second-order valence-electron chi connectivity index (χ2n) is 5.57. The molecule has 1 N–H and O–H groups in total. The standard InChI is InChI=1S/C16H26N2/c1-14(2)15-8-3-4-9-16(15)17-10-7-13-18-11-5-6-12-18/h3-4,8-9,14,17H,5-7,10-13H2,1-2H3. The van der Waals surface area contributed by atoms with Crippen LogP contribution in [0.3, 0.4) is 0 Å². The molecule has 18 heavy (non-hydrogen) atoms. The first-order valence-electron chi connectivity index (χ1n) is 7.32. The van der Waals surface area contributed by atoms with Crippen LogP contribution in [0.15, 0.2) is 24.3 Å². The zero-order chi connectivity index (χ0) is 12.8. The predicted molar refractivity (Wildman–Crippen MR) is 79.3 cm³/mol. The Morgan fingerprint density at radius 2 is 1.89 bits per heavy atom. The fraction of sp³-hybridized carbons (Fsp3) is 0.625. The van der Waals surface area contributed by atoms with E-state index in [1.54, 1.807) is 0 Å². The number of nitrogens with zero attached hydrogens (tertiary/aromatic N) is 1. The van der Waals surface area contributed by atoms with Crippen LogP contribution in [-0.4, -0.2) is 31.1 Å². The first-order chi connectivity index (χ1) is 8.77. The minimum atomic E-state index is 0.590. The van der Waals surface area contributed by atoms with Gasteiger partial charge in [-0.15, -0.1) is 0 Å². The molecule has 1 fully saturated rings. The first kappa shape index (κ1) is 13.4. The van der Waals surface area contributed by atoms with Crippen molar-refractivity contribution in [1.29, 1.82) is 0 Å². The summed E-state index contributed by atoms with van der Waals surface area (Å²) < 4.78 is 0. The van der Waals surface area contributed by atoms with Crippen LogP contribution in [0.5, 0.6) is 0 Å². The summed E-state index contributed by atoms with van der Waals surface area (Å²) in [5, 5.41) is 3.59. The molecule has 0 unspecified atom stereocenters. The molecule has 1 aliphatic rings. The molecule has 2 rings (SSSR count). The van der Waals surface area contributed by atoms with E-state index >= 15 is 0 Å². The quantitative estimate of drug-likeness (QED) is 0.770. The summed E-state index contributed by atoms with van der Waals surface area (Å²) in [7, 11) is 0. The Kier molecular flexibility index (Phi) is 5.06. The maximum Gasteiger partial charge on any atom is 0.0375 e. The second kappa shape index (κ2) is 6.79. The Hall–Kier alpha value is -1.02. The van der Waals surface area contributed by atoms with E-state index in [0.717, 1.165) is 6.54 Å². The van der Waals surface area contributed by atoms with E-state index in [4.69, 9.17) is 0 Å². The van der Waals surface area contributed by atoms with E-state index in [-0.39, 0.29) is 0 Å². The Labute approximate surface area is 111 Å². The highest BCUT2D eigenvalue weighted by Gasteiger charge is 2.10. The number of likely N-dealkylation sites (tertiary alicyclic amines) is 1. The molecular formula is C16H26N2. The largest absolute Gasteiger partial charge is 0.385 e. The molecule has 1 saturated heterocycles. The van der Waals surface area contributed by atoms with Crippen LogP contribution in [0.2, 0.25) is 0 Å². The average Bonchev–Trinajstić information content (AvgIpc) is 2.88. The minimum absolute atomic E-state index is 0.590. The van der Waals surface area contributed by atoms with Crippen LogP contribution in [0.25, 0.3) is 0 Å². The van der Waals surface area contributed by atoms with Gasteiger partial charge in [-0.05, 0) is 56.4 Å². The van der Waals surface area contributed by atoms with Crippen LogP contribution in [0.4, 0.5) is 5.69 Å². The SMILES string of the molecule is CC(C)c1ccccc1NCCCN1CCCC1. The molecule has 1 heterocycles. The fourth-order valence-corrected chi connectivity index (χ4v) is 2.69. The summed E-state index contributed by atoms with van der Waals surface area (Å²) in [5.74, 6) is 0.590.